The van der Waals surface area contributed by atoms with E-state index in [0.717, 1.165) is 42.3 Å². The van der Waals surface area contributed by atoms with Gasteiger partial charge in [-0.3, -0.25) is 9.78 Å². The summed E-state index contributed by atoms with van der Waals surface area (Å²) in [6.45, 7) is 0.765. The van der Waals surface area contributed by atoms with Crippen LogP contribution < -0.4 is 20.1 Å². The fourth-order valence-corrected chi connectivity index (χ4v) is 5.39. The first kappa shape index (κ1) is 24.3. The van der Waals surface area contributed by atoms with Gasteiger partial charge in [-0.2, -0.15) is 0 Å². The molecule has 1 amide bonds. The summed E-state index contributed by atoms with van der Waals surface area (Å²) >= 11 is 6.02. The predicted molar refractivity (Wildman–Crippen MR) is 133 cm³/mol. The smallest absolute Gasteiger partial charge is 0.258 e. The number of hydrogen-bond acceptors (Lipinski definition) is 6. The van der Waals surface area contributed by atoms with E-state index in [1.807, 2.05) is 18.2 Å². The number of rotatable bonds is 10. The molecular weight excluding hydrogens is 476 g/mol. The molecular formula is C24H27ClN4O4S. The Bertz CT molecular complexity index is 1250. The van der Waals surface area contributed by atoms with E-state index in [1.54, 1.807) is 24.4 Å². The molecule has 2 aromatic carbocycles. The van der Waals surface area contributed by atoms with Crippen LogP contribution in [0.4, 0.5) is 5.69 Å². The maximum Gasteiger partial charge on any atom is 0.258 e. The summed E-state index contributed by atoms with van der Waals surface area (Å²) in [6, 6.07) is 13.5. The van der Waals surface area contributed by atoms with Gasteiger partial charge in [-0.15, -0.1) is 0 Å². The number of anilines is 1. The van der Waals surface area contributed by atoms with Crippen molar-refractivity contribution in [3.63, 3.8) is 0 Å². The Hall–Kier alpha value is -2.88. The molecule has 34 heavy (non-hydrogen) atoms. The fourth-order valence-electron chi connectivity index (χ4n) is 3.92. The van der Waals surface area contributed by atoms with Crippen LogP contribution >= 0.6 is 11.6 Å². The molecule has 0 atom stereocenters. The minimum Gasteiger partial charge on any atom is -0.484 e. The van der Waals surface area contributed by atoms with Crippen LogP contribution in [0, 0.1) is 0 Å². The quantitative estimate of drug-likeness (QED) is 0.364. The molecule has 3 aromatic rings. The van der Waals surface area contributed by atoms with Gasteiger partial charge in [0.05, 0.1) is 10.4 Å². The summed E-state index contributed by atoms with van der Waals surface area (Å²) < 4.78 is 33.2. The Morgan fingerprint density at radius 2 is 1.82 bits per heavy atom. The van der Waals surface area contributed by atoms with Crippen molar-refractivity contribution in [1.29, 1.82) is 0 Å². The number of nitrogens with one attached hydrogen (secondary N) is 3. The summed E-state index contributed by atoms with van der Waals surface area (Å²) in [5.41, 5.74) is 1.70. The molecule has 1 aromatic heterocycles. The third-order valence-corrected chi connectivity index (χ3v) is 7.42. The van der Waals surface area contributed by atoms with E-state index in [2.05, 4.69) is 20.3 Å². The lowest BCUT2D eigenvalue weighted by Gasteiger charge is -2.13. The highest BCUT2D eigenvalue weighted by atomic mass is 35.5. The highest BCUT2D eigenvalue weighted by molar-refractivity contribution is 7.89. The van der Waals surface area contributed by atoms with Crippen LogP contribution in [-0.2, 0) is 14.8 Å². The summed E-state index contributed by atoms with van der Waals surface area (Å²) in [5.74, 6) is 0.155. The molecule has 1 saturated carbocycles. The first-order valence-electron chi connectivity index (χ1n) is 11.2. The number of aromatic nitrogens is 1. The minimum absolute atomic E-state index is 0.00916. The van der Waals surface area contributed by atoms with Gasteiger partial charge in [0.1, 0.15) is 5.75 Å². The van der Waals surface area contributed by atoms with Gasteiger partial charge in [0.2, 0.25) is 10.0 Å². The maximum atomic E-state index is 12.5. The zero-order chi connectivity index (χ0) is 24.0. The lowest BCUT2D eigenvalue weighted by Crippen LogP contribution is -2.33. The second-order valence-corrected chi connectivity index (χ2v) is 10.3. The molecule has 0 radical (unpaired) electrons. The third kappa shape index (κ3) is 6.37. The Morgan fingerprint density at radius 3 is 2.59 bits per heavy atom. The van der Waals surface area contributed by atoms with Crippen LogP contribution in [0.1, 0.15) is 25.7 Å². The number of benzene rings is 2. The lowest BCUT2D eigenvalue weighted by molar-refractivity contribution is -0.123. The van der Waals surface area contributed by atoms with Crippen molar-refractivity contribution in [2.45, 2.75) is 36.6 Å². The Balaban J connectivity index is 1.20. The Labute approximate surface area is 204 Å². The second kappa shape index (κ2) is 11.0. The summed E-state index contributed by atoms with van der Waals surface area (Å²) in [4.78, 5) is 16.6. The van der Waals surface area contributed by atoms with Gasteiger partial charge >= 0.3 is 0 Å². The van der Waals surface area contributed by atoms with Crippen molar-refractivity contribution in [3.05, 3.63) is 59.8 Å². The molecule has 10 heteroatoms. The van der Waals surface area contributed by atoms with E-state index in [-0.39, 0.29) is 23.5 Å². The molecule has 0 aliphatic heterocycles. The monoisotopic (exact) mass is 502 g/mol. The molecule has 1 heterocycles. The molecule has 4 rings (SSSR count). The highest BCUT2D eigenvalue weighted by Gasteiger charge is 2.22. The molecule has 180 valence electrons. The van der Waals surface area contributed by atoms with Crippen molar-refractivity contribution in [2.24, 2.45) is 0 Å². The van der Waals surface area contributed by atoms with E-state index in [0.29, 0.717) is 23.9 Å². The van der Waals surface area contributed by atoms with Crippen LogP contribution in [0.2, 0.25) is 5.02 Å². The molecule has 3 N–H and O–H groups in total. The van der Waals surface area contributed by atoms with Gasteiger partial charge in [-0.1, -0.05) is 24.4 Å². The van der Waals surface area contributed by atoms with E-state index >= 15 is 0 Å². The number of pyridine rings is 1. The first-order chi connectivity index (χ1) is 16.4. The topological polar surface area (TPSA) is 109 Å². The molecule has 0 unspecified atom stereocenters. The molecule has 0 bridgehead atoms. The Kier molecular flexibility index (Phi) is 7.87. The number of sulfonamides is 1. The summed E-state index contributed by atoms with van der Waals surface area (Å²) in [6.07, 6.45) is 5.55. The zero-order valence-corrected chi connectivity index (χ0v) is 20.2. The lowest BCUT2D eigenvalue weighted by atomic mass is 10.2. The van der Waals surface area contributed by atoms with E-state index in [1.165, 1.54) is 12.1 Å². The number of carbonyl (C=O) groups excluding carboxylic acids is 1. The normalized spacial score (nSPS) is 14.3. The standard InChI is InChI=1S/C24H27ClN4O4S/c25-17-5-10-21-22(11-12-26-23(21)15-17)27-13-14-28-24(30)16-33-19-6-8-20(9-7-19)34(31,32)29-18-3-1-2-4-18/h5-12,15,18,29H,1-4,13-14,16H2,(H,26,27)(H,28,30). The van der Waals surface area contributed by atoms with Crippen LogP contribution in [0.5, 0.6) is 5.75 Å². The summed E-state index contributed by atoms with van der Waals surface area (Å²) in [7, 11) is -3.55. The fraction of sp³-hybridized carbons (Fsp3) is 0.333. The SMILES string of the molecule is O=C(COc1ccc(S(=O)(=O)NC2CCCC2)cc1)NCCNc1ccnc2cc(Cl)ccc12. The van der Waals surface area contributed by atoms with Gasteiger partial charge in [0.15, 0.2) is 6.61 Å². The van der Waals surface area contributed by atoms with Crippen LogP contribution in [0.15, 0.2) is 59.6 Å². The average molecular weight is 503 g/mol. The second-order valence-electron chi connectivity index (χ2n) is 8.16. The van der Waals surface area contributed by atoms with Crippen LogP contribution in [-0.4, -0.2) is 45.0 Å². The van der Waals surface area contributed by atoms with E-state index in [9.17, 15) is 13.2 Å². The van der Waals surface area contributed by atoms with Crippen LogP contribution in [0.3, 0.4) is 0 Å². The van der Waals surface area contributed by atoms with Gasteiger partial charge in [-0.25, -0.2) is 13.1 Å². The molecule has 0 saturated heterocycles. The average Bonchev–Trinajstić information content (AvgIpc) is 3.33. The number of hydrogen-bond donors (Lipinski definition) is 3. The summed E-state index contributed by atoms with van der Waals surface area (Å²) in [5, 5.41) is 7.64. The van der Waals surface area contributed by atoms with Gasteiger partial charge in [0.25, 0.3) is 5.91 Å². The van der Waals surface area contributed by atoms with E-state index < -0.39 is 10.0 Å². The molecule has 1 fully saturated rings. The van der Waals surface area contributed by atoms with Gasteiger partial charge < -0.3 is 15.4 Å². The van der Waals surface area contributed by atoms with Gasteiger partial charge in [-0.05, 0) is 61.4 Å². The van der Waals surface area contributed by atoms with Crippen molar-refractivity contribution < 1.29 is 17.9 Å². The molecule has 1 aliphatic carbocycles. The molecule has 0 spiro atoms. The first-order valence-corrected chi connectivity index (χ1v) is 13.1. The van der Waals surface area contributed by atoms with Crippen molar-refractivity contribution in [3.8, 4) is 5.75 Å². The van der Waals surface area contributed by atoms with Crippen LogP contribution in [0.25, 0.3) is 10.9 Å². The number of ether oxygens (including phenoxy) is 1. The number of carbonyl (C=O) groups is 1. The van der Waals surface area contributed by atoms with Crippen molar-refractivity contribution >= 4 is 44.1 Å². The Morgan fingerprint density at radius 1 is 1.06 bits per heavy atom. The minimum atomic E-state index is -3.55. The van der Waals surface area contributed by atoms with E-state index in [4.69, 9.17) is 16.3 Å². The predicted octanol–water partition coefficient (Wildman–Crippen LogP) is 3.72. The number of halogens is 1. The largest absolute Gasteiger partial charge is 0.484 e. The molecule has 1 aliphatic rings. The number of amides is 1. The highest BCUT2D eigenvalue weighted by Crippen LogP contribution is 2.24. The van der Waals surface area contributed by atoms with Gasteiger partial charge in [0, 0.05) is 41.4 Å². The van der Waals surface area contributed by atoms with Crippen molar-refractivity contribution in [2.75, 3.05) is 25.0 Å². The zero-order valence-electron chi connectivity index (χ0n) is 18.6. The third-order valence-electron chi connectivity index (χ3n) is 5.65. The van der Waals surface area contributed by atoms with Crippen molar-refractivity contribution in [1.82, 2.24) is 15.0 Å². The number of nitrogens with zero attached hydrogens (tertiary/aromatic N) is 1. The maximum absolute atomic E-state index is 12.5. The molecule has 8 nitrogen and oxygen atoms in total. The number of fused-ring (bicyclic) bond motifs is 1.